The normalized spacial score (nSPS) is 14.6. The molecule has 1 aliphatic rings. The van der Waals surface area contributed by atoms with Gasteiger partial charge in [-0.05, 0) is 50.1 Å². The first-order valence-corrected chi connectivity index (χ1v) is 11.9. The number of aliphatic hydroxyl groups excluding tert-OH is 1. The van der Waals surface area contributed by atoms with E-state index in [-0.39, 0.29) is 18.2 Å². The Morgan fingerprint density at radius 1 is 1.20 bits per heavy atom. The van der Waals surface area contributed by atoms with Crippen LogP contribution in [0.2, 0.25) is 5.02 Å². The number of anilines is 1. The van der Waals surface area contributed by atoms with Crippen molar-refractivity contribution >= 4 is 40.4 Å². The molecule has 1 fully saturated rings. The molecule has 0 atom stereocenters. The molecule has 1 aromatic carbocycles. The highest BCUT2D eigenvalue weighted by atomic mass is 35.5. The van der Waals surface area contributed by atoms with E-state index in [1.54, 1.807) is 49.8 Å². The highest BCUT2D eigenvalue weighted by molar-refractivity contribution is 6.36. The van der Waals surface area contributed by atoms with Crippen LogP contribution in [0.3, 0.4) is 0 Å². The molecule has 3 heterocycles. The fraction of sp³-hybridized carbons (Fsp3) is 0.375. The van der Waals surface area contributed by atoms with Crippen LogP contribution in [0.15, 0.2) is 42.7 Å². The molecule has 35 heavy (non-hydrogen) atoms. The van der Waals surface area contributed by atoms with Crippen LogP contribution in [0, 0.1) is 0 Å². The summed E-state index contributed by atoms with van der Waals surface area (Å²) in [7, 11) is 1.55. The molecule has 186 valence electrons. The predicted molar refractivity (Wildman–Crippen MR) is 134 cm³/mol. The molecule has 11 heteroatoms. The van der Waals surface area contributed by atoms with Crippen molar-refractivity contribution in [1.29, 1.82) is 0 Å². The van der Waals surface area contributed by atoms with Gasteiger partial charge in [-0.15, -0.1) is 0 Å². The molecular weight excluding hydrogens is 472 g/mol. The largest absolute Gasteiger partial charge is 0.457 e. The van der Waals surface area contributed by atoms with E-state index in [4.69, 9.17) is 16.3 Å². The number of rotatable bonds is 7. The number of carbonyl (C=O) groups excluding carboxylic acids is 2. The van der Waals surface area contributed by atoms with E-state index in [9.17, 15) is 14.7 Å². The van der Waals surface area contributed by atoms with Gasteiger partial charge in [0.1, 0.15) is 17.3 Å². The van der Waals surface area contributed by atoms with Crippen LogP contribution in [0.1, 0.15) is 19.3 Å². The number of piperidine rings is 1. The maximum Gasteiger partial charge on any atom is 0.325 e. The van der Waals surface area contributed by atoms with Crippen LogP contribution < -0.4 is 20.7 Å². The van der Waals surface area contributed by atoms with Crippen LogP contribution in [0.25, 0.3) is 10.9 Å². The Morgan fingerprint density at radius 2 is 1.97 bits per heavy atom. The lowest BCUT2D eigenvalue weighted by Gasteiger charge is -2.29. The number of amides is 3. The summed E-state index contributed by atoms with van der Waals surface area (Å²) in [4.78, 5) is 30.7. The van der Waals surface area contributed by atoms with Gasteiger partial charge in [0, 0.05) is 50.5 Å². The Hall–Kier alpha value is -3.34. The summed E-state index contributed by atoms with van der Waals surface area (Å²) in [6.45, 7) is 3.21. The van der Waals surface area contributed by atoms with E-state index < -0.39 is 0 Å². The minimum absolute atomic E-state index is 0.181. The first kappa shape index (κ1) is 24.8. The minimum atomic E-state index is -0.340. The van der Waals surface area contributed by atoms with Crippen LogP contribution in [-0.4, -0.2) is 71.0 Å². The molecule has 0 unspecified atom stereocenters. The summed E-state index contributed by atoms with van der Waals surface area (Å²) >= 11 is 6.30. The molecule has 0 aliphatic carbocycles. The molecule has 1 aliphatic heterocycles. The molecule has 0 bridgehead atoms. The second-order valence-corrected chi connectivity index (χ2v) is 8.77. The van der Waals surface area contributed by atoms with Crippen molar-refractivity contribution in [3.05, 3.63) is 47.7 Å². The van der Waals surface area contributed by atoms with Crippen molar-refractivity contribution < 1.29 is 19.4 Å². The summed E-state index contributed by atoms with van der Waals surface area (Å²) in [6.07, 6.45) is 5.36. The Kier molecular flexibility index (Phi) is 8.06. The van der Waals surface area contributed by atoms with E-state index >= 15 is 0 Å². The fourth-order valence-electron chi connectivity index (χ4n) is 4.01. The van der Waals surface area contributed by atoms with E-state index in [2.05, 4.69) is 25.8 Å². The second-order valence-electron chi connectivity index (χ2n) is 8.37. The predicted octanol–water partition coefficient (Wildman–Crippen LogP) is 3.64. The zero-order valence-corrected chi connectivity index (χ0v) is 20.2. The van der Waals surface area contributed by atoms with E-state index in [1.807, 2.05) is 0 Å². The second kappa shape index (κ2) is 11.4. The van der Waals surface area contributed by atoms with Gasteiger partial charge in [-0.2, -0.15) is 0 Å². The highest BCUT2D eigenvalue weighted by Crippen LogP contribution is 2.31. The molecule has 0 spiro atoms. The number of urea groups is 1. The number of hydrogen-bond acceptors (Lipinski definition) is 6. The summed E-state index contributed by atoms with van der Waals surface area (Å²) in [5.41, 5.74) is 0.660. The quantitative estimate of drug-likeness (QED) is 0.367. The number of nitrogens with one attached hydrogen (secondary N) is 3. The monoisotopic (exact) mass is 500 g/mol. The van der Waals surface area contributed by atoms with Crippen molar-refractivity contribution in [1.82, 2.24) is 25.1 Å². The van der Waals surface area contributed by atoms with Crippen LogP contribution in [0.4, 0.5) is 15.4 Å². The van der Waals surface area contributed by atoms with Crippen LogP contribution >= 0.6 is 11.6 Å². The number of aromatic nitrogens is 2. The Morgan fingerprint density at radius 3 is 2.74 bits per heavy atom. The first-order valence-electron chi connectivity index (χ1n) is 11.5. The van der Waals surface area contributed by atoms with Gasteiger partial charge in [-0.3, -0.25) is 9.88 Å². The molecular formula is C24H29ClN6O4. The summed E-state index contributed by atoms with van der Waals surface area (Å²) in [5, 5.41) is 18.8. The summed E-state index contributed by atoms with van der Waals surface area (Å²) in [5.74, 6) is 1.37. The Bertz CT molecular complexity index is 1190. The van der Waals surface area contributed by atoms with E-state index in [0.717, 1.165) is 38.9 Å². The molecule has 4 rings (SSSR count). The number of nitrogens with zero attached hydrogens (tertiary/aromatic N) is 3. The lowest BCUT2D eigenvalue weighted by atomic mass is 10.1. The van der Waals surface area contributed by atoms with Gasteiger partial charge >= 0.3 is 12.1 Å². The average Bonchev–Trinajstić information content (AvgIpc) is 3.18. The van der Waals surface area contributed by atoms with Crippen molar-refractivity contribution in [3.8, 4) is 11.5 Å². The Balaban J connectivity index is 1.30. The van der Waals surface area contributed by atoms with Crippen LogP contribution in [0.5, 0.6) is 11.5 Å². The number of pyridine rings is 1. The molecule has 2 aromatic heterocycles. The number of halogens is 1. The number of aliphatic hydroxyl groups is 1. The third kappa shape index (κ3) is 6.41. The third-order valence-corrected chi connectivity index (χ3v) is 6.16. The number of likely N-dealkylation sites (tertiary alicyclic amines) is 1. The third-order valence-electron chi connectivity index (χ3n) is 5.86. The summed E-state index contributed by atoms with van der Waals surface area (Å²) in [6, 6.07) is 7.92. The van der Waals surface area contributed by atoms with Gasteiger partial charge in [0.2, 0.25) is 0 Å². The van der Waals surface area contributed by atoms with E-state index in [0.29, 0.717) is 39.8 Å². The number of ether oxygens (including phenoxy) is 1. The molecule has 10 nitrogen and oxygen atoms in total. The lowest BCUT2D eigenvalue weighted by molar-refractivity contribution is 0.0822. The van der Waals surface area contributed by atoms with Gasteiger partial charge in [-0.1, -0.05) is 11.6 Å². The minimum Gasteiger partial charge on any atom is -0.457 e. The molecule has 0 saturated carbocycles. The van der Waals surface area contributed by atoms with E-state index in [1.165, 1.54) is 4.57 Å². The number of fused-ring (bicyclic) bond motifs is 1. The van der Waals surface area contributed by atoms with Gasteiger partial charge < -0.3 is 25.4 Å². The van der Waals surface area contributed by atoms with Gasteiger partial charge in [-0.25, -0.2) is 14.6 Å². The number of carbonyl (C=O) groups is 2. The summed E-state index contributed by atoms with van der Waals surface area (Å²) < 4.78 is 7.37. The molecule has 3 aromatic rings. The van der Waals surface area contributed by atoms with Gasteiger partial charge in [0.15, 0.2) is 0 Å². The van der Waals surface area contributed by atoms with Gasteiger partial charge in [0.25, 0.3) is 0 Å². The Labute approximate surface area is 208 Å². The van der Waals surface area contributed by atoms with Crippen molar-refractivity contribution in [2.75, 3.05) is 38.5 Å². The fourth-order valence-corrected chi connectivity index (χ4v) is 4.26. The molecule has 1 saturated heterocycles. The standard InChI is InChI=1S/C24H29ClN6O4/c1-26-24(34)31-15-20(25)19-13-17(3-4-21(19)31)35-18-5-9-27-22(14-18)29-23(33)28-8-2-10-30-11-6-16(32)7-12-30/h3-5,9,13-16,32H,2,6-8,10-12H2,1H3,(H,26,34)(H2,27,28,29,33). The molecule has 4 N–H and O–H groups in total. The van der Waals surface area contributed by atoms with Crippen molar-refractivity contribution in [2.45, 2.75) is 25.4 Å². The molecule has 3 amide bonds. The maximum atomic E-state index is 12.2. The zero-order valence-electron chi connectivity index (χ0n) is 19.5. The first-order chi connectivity index (χ1) is 16.9. The SMILES string of the molecule is CNC(=O)n1cc(Cl)c2cc(Oc3ccnc(NC(=O)NCCCN4CCC(O)CC4)c3)ccc21. The topological polar surface area (TPSA) is 121 Å². The van der Waals surface area contributed by atoms with Crippen molar-refractivity contribution in [3.63, 3.8) is 0 Å². The van der Waals surface area contributed by atoms with Gasteiger partial charge in [0.05, 0.1) is 16.6 Å². The number of benzene rings is 1. The average molecular weight is 501 g/mol. The number of hydrogen-bond donors (Lipinski definition) is 4. The van der Waals surface area contributed by atoms with Crippen LogP contribution in [-0.2, 0) is 0 Å². The lowest BCUT2D eigenvalue weighted by Crippen LogP contribution is -2.38. The smallest absolute Gasteiger partial charge is 0.325 e. The molecule has 0 radical (unpaired) electrons. The highest BCUT2D eigenvalue weighted by Gasteiger charge is 2.16. The van der Waals surface area contributed by atoms with Crippen molar-refractivity contribution in [2.24, 2.45) is 0 Å². The zero-order chi connectivity index (χ0) is 24.8. The maximum absolute atomic E-state index is 12.2.